The van der Waals surface area contributed by atoms with Gasteiger partial charge in [0.2, 0.25) is 0 Å². The number of pyridine rings is 1. The summed E-state index contributed by atoms with van der Waals surface area (Å²) in [5, 5.41) is 4.96. The lowest BCUT2D eigenvalue weighted by molar-refractivity contribution is 0.565. The summed E-state index contributed by atoms with van der Waals surface area (Å²) in [7, 11) is 0. The molecule has 3 heterocycles. The van der Waals surface area contributed by atoms with Crippen molar-refractivity contribution < 1.29 is 0 Å². The first kappa shape index (κ1) is 23.1. The molecule has 4 nitrogen and oxygen atoms in total. The van der Waals surface area contributed by atoms with Gasteiger partial charge in [0, 0.05) is 27.7 Å². The molecule has 34 heavy (non-hydrogen) atoms. The molecule has 1 aliphatic heterocycles. The van der Waals surface area contributed by atoms with Crippen LogP contribution in [-0.2, 0) is 0 Å². The van der Waals surface area contributed by atoms with Crippen LogP contribution < -0.4 is 10.2 Å². The number of benzene rings is 2. The number of para-hydroxylation sites is 1. The third kappa shape index (κ3) is 3.94. The predicted octanol–water partition coefficient (Wildman–Crippen LogP) is 7.39. The zero-order valence-electron chi connectivity index (χ0n) is 19.1. The van der Waals surface area contributed by atoms with Crippen LogP contribution in [0.3, 0.4) is 0 Å². The number of rotatable bonds is 4. The summed E-state index contributed by atoms with van der Waals surface area (Å²) < 4.78 is 3.29. The van der Waals surface area contributed by atoms with Crippen molar-refractivity contribution in [3.05, 3.63) is 111 Å². The first-order valence-corrected chi connectivity index (χ1v) is 12.7. The molecule has 0 spiro atoms. The van der Waals surface area contributed by atoms with Crippen LogP contribution in [0.4, 0.5) is 5.69 Å². The van der Waals surface area contributed by atoms with Crippen LogP contribution in [0.15, 0.2) is 77.4 Å². The van der Waals surface area contributed by atoms with Crippen LogP contribution in [0, 0.1) is 20.8 Å². The van der Waals surface area contributed by atoms with Gasteiger partial charge in [-0.3, -0.25) is 4.98 Å². The Morgan fingerprint density at radius 1 is 1.00 bits per heavy atom. The van der Waals surface area contributed by atoms with Crippen LogP contribution in [-0.4, -0.2) is 14.7 Å². The number of aryl methyl sites for hydroxylation is 2. The molecule has 0 aliphatic carbocycles. The molecule has 7 heteroatoms. The lowest BCUT2D eigenvalue weighted by atomic mass is 9.96. The quantitative estimate of drug-likeness (QED) is 0.268. The predicted molar refractivity (Wildman–Crippen MR) is 147 cm³/mol. The molecule has 1 aliphatic rings. The number of aromatic nitrogens is 2. The zero-order valence-corrected chi connectivity index (χ0v) is 22.2. The van der Waals surface area contributed by atoms with E-state index in [1.165, 1.54) is 5.56 Å². The lowest BCUT2D eigenvalue weighted by Gasteiger charge is -2.28. The Kier molecular flexibility index (Phi) is 6.23. The average Bonchev–Trinajstić information content (AvgIpc) is 3.32. The van der Waals surface area contributed by atoms with Gasteiger partial charge in [-0.05, 0) is 92.6 Å². The molecule has 2 aromatic heterocycles. The minimum atomic E-state index is -0.0992. The number of nitrogens with one attached hydrogen (secondary N) is 1. The Hall–Kier alpha value is -2.67. The number of hydrogen-bond acceptors (Lipinski definition) is 2. The fraction of sp³-hybridized carbons (Fsp3) is 0.185. The van der Waals surface area contributed by atoms with Crippen LogP contribution in [0.1, 0.15) is 40.3 Å². The van der Waals surface area contributed by atoms with Gasteiger partial charge in [0.05, 0.1) is 28.5 Å². The second-order valence-corrected chi connectivity index (χ2v) is 10.2. The normalized spacial score (nSPS) is 17.8. The summed E-state index contributed by atoms with van der Waals surface area (Å²) in [4.78, 5) is 6.89. The van der Waals surface area contributed by atoms with E-state index < -0.39 is 0 Å². The summed E-state index contributed by atoms with van der Waals surface area (Å²) in [6, 6.07) is 22.4. The Bertz CT molecular complexity index is 1380. The van der Waals surface area contributed by atoms with Crippen molar-refractivity contribution in [1.82, 2.24) is 14.9 Å². The van der Waals surface area contributed by atoms with Gasteiger partial charge in [-0.2, -0.15) is 0 Å². The molecular weight excluding hydrogens is 528 g/mol. The Balaban J connectivity index is 1.70. The summed E-state index contributed by atoms with van der Waals surface area (Å²) in [6.45, 7) is 6.35. The maximum absolute atomic E-state index is 6.60. The van der Waals surface area contributed by atoms with E-state index >= 15 is 0 Å². The van der Waals surface area contributed by atoms with Crippen molar-refractivity contribution >= 4 is 50.5 Å². The Labute approximate surface area is 218 Å². The summed E-state index contributed by atoms with van der Waals surface area (Å²) in [5.74, 6) is 0. The third-order valence-electron chi connectivity index (χ3n) is 6.40. The van der Waals surface area contributed by atoms with E-state index in [4.69, 9.17) is 23.8 Å². The molecule has 0 saturated carbocycles. The molecule has 1 saturated heterocycles. The molecule has 0 amide bonds. The van der Waals surface area contributed by atoms with Gasteiger partial charge in [-0.15, -0.1) is 0 Å². The Morgan fingerprint density at radius 2 is 1.76 bits per heavy atom. The monoisotopic (exact) mass is 550 g/mol. The van der Waals surface area contributed by atoms with Gasteiger partial charge in [-0.25, -0.2) is 0 Å². The lowest BCUT2D eigenvalue weighted by Crippen LogP contribution is -2.29. The van der Waals surface area contributed by atoms with Crippen LogP contribution in [0.25, 0.3) is 5.69 Å². The van der Waals surface area contributed by atoms with E-state index in [1.807, 2.05) is 36.5 Å². The van der Waals surface area contributed by atoms with Gasteiger partial charge in [0.25, 0.3) is 0 Å². The molecule has 5 rings (SSSR count). The van der Waals surface area contributed by atoms with Crippen molar-refractivity contribution in [3.63, 3.8) is 0 Å². The average molecular weight is 552 g/mol. The highest BCUT2D eigenvalue weighted by molar-refractivity contribution is 9.10. The van der Waals surface area contributed by atoms with Gasteiger partial charge < -0.3 is 14.8 Å². The standard InChI is InChI=1S/C27H24BrClN4S/c1-16-14-19(11-12-21(16)28)33-26(25(31-27(33)34)23-9-6-7-13-30-23)20-15-17(2)32(18(20)3)24-10-5-4-8-22(24)29/h4-15,25-26H,1-3H3,(H,31,34)/t25-,26-/m0/s1. The second kappa shape index (κ2) is 9.17. The van der Waals surface area contributed by atoms with E-state index in [2.05, 4.69) is 92.9 Å². The smallest absolute Gasteiger partial charge is 0.174 e. The number of hydrogen-bond donors (Lipinski definition) is 1. The summed E-state index contributed by atoms with van der Waals surface area (Å²) >= 11 is 16.1. The molecule has 1 fully saturated rings. The van der Waals surface area contributed by atoms with E-state index in [-0.39, 0.29) is 12.1 Å². The molecule has 1 N–H and O–H groups in total. The zero-order chi connectivity index (χ0) is 24.0. The van der Waals surface area contributed by atoms with Crippen molar-refractivity contribution in [2.75, 3.05) is 4.90 Å². The SMILES string of the molecule is Cc1cc(N2C(=S)N[C@@H](c3ccccn3)[C@@H]2c2cc(C)n(-c3ccccc3Cl)c2C)ccc1Br. The van der Waals surface area contributed by atoms with Crippen LogP contribution in [0.5, 0.6) is 0 Å². The first-order valence-electron chi connectivity index (χ1n) is 11.1. The van der Waals surface area contributed by atoms with Crippen molar-refractivity contribution in [2.24, 2.45) is 0 Å². The molecule has 2 aromatic carbocycles. The molecule has 0 radical (unpaired) electrons. The molecule has 172 valence electrons. The van der Waals surface area contributed by atoms with Crippen molar-refractivity contribution in [3.8, 4) is 5.69 Å². The Morgan fingerprint density at radius 3 is 2.47 bits per heavy atom. The minimum Gasteiger partial charge on any atom is -0.351 e. The molecule has 0 bridgehead atoms. The largest absolute Gasteiger partial charge is 0.351 e. The number of thiocarbonyl (C=S) groups is 1. The first-order chi connectivity index (χ1) is 16.4. The number of halogens is 2. The molecular formula is C27H24BrClN4S. The molecule has 4 aromatic rings. The van der Waals surface area contributed by atoms with Gasteiger partial charge >= 0.3 is 0 Å². The number of anilines is 1. The van der Waals surface area contributed by atoms with E-state index in [0.29, 0.717) is 5.11 Å². The fourth-order valence-electron chi connectivity index (χ4n) is 4.82. The van der Waals surface area contributed by atoms with Gasteiger partial charge in [-0.1, -0.05) is 45.7 Å². The van der Waals surface area contributed by atoms with E-state index in [1.54, 1.807) is 0 Å². The van der Waals surface area contributed by atoms with Gasteiger partial charge in [0.15, 0.2) is 5.11 Å². The topological polar surface area (TPSA) is 33.1 Å². The maximum atomic E-state index is 6.60. The van der Waals surface area contributed by atoms with Gasteiger partial charge in [0.1, 0.15) is 0 Å². The van der Waals surface area contributed by atoms with E-state index in [9.17, 15) is 0 Å². The summed E-state index contributed by atoms with van der Waals surface area (Å²) in [6.07, 6.45) is 1.83. The number of nitrogens with zero attached hydrogens (tertiary/aromatic N) is 3. The van der Waals surface area contributed by atoms with E-state index in [0.717, 1.165) is 43.5 Å². The maximum Gasteiger partial charge on any atom is 0.174 e. The second-order valence-electron chi connectivity index (χ2n) is 8.54. The highest BCUT2D eigenvalue weighted by Crippen LogP contribution is 2.44. The fourth-order valence-corrected chi connectivity index (χ4v) is 5.63. The molecule has 0 unspecified atom stereocenters. The highest BCUT2D eigenvalue weighted by Gasteiger charge is 2.42. The highest BCUT2D eigenvalue weighted by atomic mass is 79.9. The third-order valence-corrected chi connectivity index (χ3v) is 7.92. The van der Waals surface area contributed by atoms with Crippen molar-refractivity contribution in [1.29, 1.82) is 0 Å². The van der Waals surface area contributed by atoms with Crippen molar-refractivity contribution in [2.45, 2.75) is 32.9 Å². The molecule has 2 atom stereocenters. The minimum absolute atomic E-state index is 0.0783. The van der Waals surface area contributed by atoms with Crippen LogP contribution >= 0.6 is 39.7 Å². The van der Waals surface area contributed by atoms with Crippen LogP contribution in [0.2, 0.25) is 5.02 Å². The summed E-state index contributed by atoms with van der Waals surface area (Å²) in [5.41, 5.74) is 7.55.